The molecule has 0 radical (unpaired) electrons. The van der Waals surface area contributed by atoms with E-state index in [0.717, 1.165) is 24.0 Å². The lowest BCUT2D eigenvalue weighted by Gasteiger charge is -2.15. The summed E-state index contributed by atoms with van der Waals surface area (Å²) in [5.74, 6) is 0.979. The fourth-order valence-electron chi connectivity index (χ4n) is 3.88. The highest BCUT2D eigenvalue weighted by Crippen LogP contribution is 2.46. The maximum atomic E-state index is 6.66. The minimum atomic E-state index is 0.147. The predicted octanol–water partition coefficient (Wildman–Crippen LogP) is 4.42. The average molecular weight is 487 g/mol. The molecule has 5 rings (SSSR count). The minimum Gasteiger partial charge on any atom is -0.495 e. The fraction of sp³-hybridized carbons (Fsp3) is 0.273. The smallest absolute Gasteiger partial charge is 0.220 e. The van der Waals surface area contributed by atoms with Gasteiger partial charge in [0.2, 0.25) is 5.95 Å². The zero-order valence-electron chi connectivity index (χ0n) is 17.9. The lowest BCUT2D eigenvalue weighted by molar-refractivity contribution is 0.184. The second-order valence-electron chi connectivity index (χ2n) is 7.53. The highest BCUT2D eigenvalue weighted by Gasteiger charge is 2.23. The summed E-state index contributed by atoms with van der Waals surface area (Å²) in [7, 11) is 3.05. The minimum absolute atomic E-state index is 0.147. The van der Waals surface area contributed by atoms with Gasteiger partial charge in [0.05, 0.1) is 48.8 Å². The number of benzene rings is 1. The van der Waals surface area contributed by atoms with Crippen LogP contribution in [0.4, 0.5) is 5.95 Å². The largest absolute Gasteiger partial charge is 0.495 e. The standard InChI is InChI=1S/C22H20Cl2N6O3/c1-31-15-6-16(32-2)19(24)17(18(15)23)14-5-11-7-26-22(25)29-20(11)21(28-14)12-8-27-30(9-12)13-3-4-33-10-13/h5-9,13H,3-4,10H2,1-2H3,(H2,25,26,29). The van der Waals surface area contributed by atoms with Gasteiger partial charge < -0.3 is 19.9 Å². The van der Waals surface area contributed by atoms with Gasteiger partial charge >= 0.3 is 0 Å². The SMILES string of the molecule is COc1cc(OC)c(Cl)c(-c2cc3cnc(N)nc3c(-c3cnn(C4CCOC4)c3)n2)c1Cl. The fourth-order valence-corrected chi connectivity index (χ4v) is 4.58. The van der Waals surface area contributed by atoms with Gasteiger partial charge in [-0.2, -0.15) is 5.10 Å². The van der Waals surface area contributed by atoms with Gasteiger partial charge in [0.25, 0.3) is 0 Å². The zero-order chi connectivity index (χ0) is 23.1. The second-order valence-corrected chi connectivity index (χ2v) is 8.29. The van der Waals surface area contributed by atoms with Crippen molar-refractivity contribution in [3.63, 3.8) is 0 Å². The van der Waals surface area contributed by atoms with Gasteiger partial charge in [0.1, 0.15) is 22.7 Å². The molecule has 1 aliphatic rings. The van der Waals surface area contributed by atoms with Gasteiger partial charge in [-0.3, -0.25) is 4.68 Å². The molecule has 0 spiro atoms. The number of methoxy groups -OCH3 is 2. The molecule has 2 N–H and O–H groups in total. The van der Waals surface area contributed by atoms with Crippen LogP contribution in [0.1, 0.15) is 12.5 Å². The molecule has 11 heteroatoms. The van der Waals surface area contributed by atoms with Crippen molar-refractivity contribution in [1.29, 1.82) is 0 Å². The van der Waals surface area contributed by atoms with Crippen LogP contribution >= 0.6 is 23.2 Å². The van der Waals surface area contributed by atoms with Crippen LogP contribution in [-0.2, 0) is 4.74 Å². The Morgan fingerprint density at radius 1 is 1.09 bits per heavy atom. The van der Waals surface area contributed by atoms with Crippen molar-refractivity contribution in [2.24, 2.45) is 0 Å². The number of nitrogens with zero attached hydrogens (tertiary/aromatic N) is 5. The van der Waals surface area contributed by atoms with Gasteiger partial charge in [-0.1, -0.05) is 23.2 Å². The van der Waals surface area contributed by atoms with Crippen LogP contribution in [0, 0.1) is 0 Å². The van der Waals surface area contributed by atoms with E-state index in [-0.39, 0.29) is 12.0 Å². The number of pyridine rings is 1. The summed E-state index contributed by atoms with van der Waals surface area (Å²) in [5.41, 5.74) is 8.82. The van der Waals surface area contributed by atoms with Crippen LogP contribution in [0.5, 0.6) is 11.5 Å². The van der Waals surface area contributed by atoms with E-state index in [9.17, 15) is 0 Å². The molecule has 1 saturated heterocycles. The van der Waals surface area contributed by atoms with Crippen LogP contribution in [0.15, 0.2) is 30.7 Å². The lowest BCUT2D eigenvalue weighted by Crippen LogP contribution is -2.08. The molecule has 0 aliphatic carbocycles. The Morgan fingerprint density at radius 2 is 1.85 bits per heavy atom. The van der Waals surface area contributed by atoms with E-state index < -0.39 is 0 Å². The van der Waals surface area contributed by atoms with E-state index in [1.807, 2.05) is 10.9 Å². The first-order chi connectivity index (χ1) is 16.0. The van der Waals surface area contributed by atoms with Crippen molar-refractivity contribution in [3.8, 4) is 34.0 Å². The van der Waals surface area contributed by atoms with E-state index in [2.05, 4.69) is 15.1 Å². The number of fused-ring (bicyclic) bond motifs is 1. The van der Waals surface area contributed by atoms with E-state index >= 15 is 0 Å². The highest BCUT2D eigenvalue weighted by molar-refractivity contribution is 6.41. The quantitative estimate of drug-likeness (QED) is 0.441. The van der Waals surface area contributed by atoms with Gasteiger partial charge in [0.15, 0.2) is 0 Å². The topological polar surface area (TPSA) is 110 Å². The molecule has 1 aliphatic heterocycles. The number of anilines is 1. The molecule has 1 fully saturated rings. The van der Waals surface area contributed by atoms with Gasteiger partial charge in [0, 0.05) is 41.6 Å². The third-order valence-electron chi connectivity index (χ3n) is 5.57. The number of hydrogen-bond acceptors (Lipinski definition) is 8. The predicted molar refractivity (Wildman–Crippen MR) is 126 cm³/mol. The summed E-state index contributed by atoms with van der Waals surface area (Å²) in [6, 6.07) is 3.62. The molecular weight excluding hydrogens is 467 g/mol. The van der Waals surface area contributed by atoms with Crippen LogP contribution in [0.2, 0.25) is 10.0 Å². The number of aromatic nitrogens is 5. The first kappa shape index (κ1) is 21.7. The molecule has 0 bridgehead atoms. The van der Waals surface area contributed by atoms with Gasteiger partial charge in [-0.15, -0.1) is 0 Å². The Morgan fingerprint density at radius 3 is 2.52 bits per heavy atom. The molecule has 0 saturated carbocycles. The summed E-state index contributed by atoms with van der Waals surface area (Å²) in [5, 5.41) is 5.88. The third-order valence-corrected chi connectivity index (χ3v) is 6.32. The molecule has 33 heavy (non-hydrogen) atoms. The highest BCUT2D eigenvalue weighted by atomic mass is 35.5. The van der Waals surface area contributed by atoms with Crippen LogP contribution in [0.25, 0.3) is 33.4 Å². The average Bonchev–Trinajstić information content (AvgIpc) is 3.51. The molecule has 0 amide bonds. The summed E-state index contributed by atoms with van der Waals surface area (Å²) in [6.07, 6.45) is 6.22. The molecule has 170 valence electrons. The number of nitrogens with two attached hydrogens (primary N) is 1. The molecule has 9 nitrogen and oxygen atoms in total. The maximum absolute atomic E-state index is 6.66. The Kier molecular flexibility index (Phi) is 5.69. The third kappa shape index (κ3) is 3.82. The van der Waals surface area contributed by atoms with E-state index in [1.165, 1.54) is 14.2 Å². The van der Waals surface area contributed by atoms with Crippen LogP contribution < -0.4 is 15.2 Å². The number of rotatable bonds is 5. The van der Waals surface area contributed by atoms with Crippen molar-refractivity contribution >= 4 is 40.1 Å². The molecule has 4 aromatic rings. The lowest BCUT2D eigenvalue weighted by atomic mass is 10.1. The Bertz CT molecular complexity index is 1330. The van der Waals surface area contributed by atoms with E-state index in [1.54, 1.807) is 24.5 Å². The monoisotopic (exact) mass is 486 g/mol. The molecule has 3 aromatic heterocycles. The molecule has 1 aromatic carbocycles. The summed E-state index contributed by atoms with van der Waals surface area (Å²) >= 11 is 13.3. The number of nitrogen functional groups attached to an aromatic ring is 1. The van der Waals surface area contributed by atoms with Crippen molar-refractivity contribution < 1.29 is 14.2 Å². The molecule has 1 atom stereocenters. The molecule has 4 heterocycles. The first-order valence-electron chi connectivity index (χ1n) is 10.2. The van der Waals surface area contributed by atoms with Crippen LogP contribution in [-0.4, -0.2) is 52.2 Å². The second kappa shape index (κ2) is 8.66. The Balaban J connectivity index is 1.74. The van der Waals surface area contributed by atoms with Crippen molar-refractivity contribution in [2.45, 2.75) is 12.5 Å². The molecule has 1 unspecified atom stereocenters. The maximum Gasteiger partial charge on any atom is 0.220 e. The summed E-state index contributed by atoms with van der Waals surface area (Å²) in [4.78, 5) is 13.5. The first-order valence-corrected chi connectivity index (χ1v) is 10.9. The van der Waals surface area contributed by atoms with Crippen LogP contribution in [0.3, 0.4) is 0 Å². The van der Waals surface area contributed by atoms with Crippen molar-refractivity contribution in [3.05, 3.63) is 40.8 Å². The van der Waals surface area contributed by atoms with E-state index in [0.29, 0.717) is 50.6 Å². The normalized spacial score (nSPS) is 15.8. The van der Waals surface area contributed by atoms with Gasteiger partial charge in [-0.25, -0.2) is 15.0 Å². The number of hydrogen-bond donors (Lipinski definition) is 1. The Hall–Kier alpha value is -3.14. The number of ether oxygens (including phenoxy) is 3. The Labute approximate surface area is 199 Å². The summed E-state index contributed by atoms with van der Waals surface area (Å²) in [6.45, 7) is 1.34. The molecular formula is C22H20Cl2N6O3. The van der Waals surface area contributed by atoms with E-state index in [4.69, 9.17) is 48.1 Å². The summed E-state index contributed by atoms with van der Waals surface area (Å²) < 4.78 is 18.2. The zero-order valence-corrected chi connectivity index (χ0v) is 19.4. The van der Waals surface area contributed by atoms with Gasteiger partial charge in [-0.05, 0) is 12.5 Å². The van der Waals surface area contributed by atoms with Crippen molar-refractivity contribution in [2.75, 3.05) is 33.2 Å². The number of halogens is 2. The van der Waals surface area contributed by atoms with Crippen molar-refractivity contribution in [1.82, 2.24) is 24.7 Å².